The third-order valence-corrected chi connectivity index (χ3v) is 11.3. The summed E-state index contributed by atoms with van der Waals surface area (Å²) in [7, 11) is 0. The highest BCUT2D eigenvalue weighted by atomic mass is 19.1. The molecule has 0 radical (unpaired) electrons. The third-order valence-electron chi connectivity index (χ3n) is 11.3. The summed E-state index contributed by atoms with van der Waals surface area (Å²) in [5.74, 6) is -0.00542. The second-order valence-corrected chi connectivity index (χ2v) is 15.1. The van der Waals surface area contributed by atoms with Crippen molar-refractivity contribution in [3.63, 3.8) is 0 Å². The first-order valence-electron chi connectivity index (χ1n) is 18.1. The number of fused-ring (bicyclic) bond motifs is 1. The number of rotatable bonds is 8. The van der Waals surface area contributed by atoms with Crippen molar-refractivity contribution in [1.82, 2.24) is 30.1 Å². The summed E-state index contributed by atoms with van der Waals surface area (Å²) in [4.78, 5) is 30.0. The Kier molecular flexibility index (Phi) is 9.72. The molecule has 3 aliphatic heterocycles. The average Bonchev–Trinajstić information content (AvgIpc) is 3.70. The van der Waals surface area contributed by atoms with Gasteiger partial charge in [0.15, 0.2) is 0 Å². The van der Waals surface area contributed by atoms with Gasteiger partial charge < -0.3 is 30.5 Å². The SMILES string of the molecule is Cc1c(NC(=O)N2C[C@@H](CC(C)C)[C@H](O)C2)cc(F)cc1-c1ncnc2[nH]c(-c3ccc(CCN4CCC5(CCNCC5)CC4)cc3)cc12. The van der Waals surface area contributed by atoms with E-state index in [0.717, 1.165) is 36.0 Å². The predicted molar refractivity (Wildman–Crippen MR) is 193 cm³/mol. The number of hydrogen-bond acceptors (Lipinski definition) is 6. The molecule has 2 amide bonds. The van der Waals surface area contributed by atoms with Crippen LogP contribution in [0.4, 0.5) is 14.9 Å². The van der Waals surface area contributed by atoms with Gasteiger partial charge in [-0.25, -0.2) is 19.2 Å². The maximum absolute atomic E-state index is 15.1. The Labute approximate surface area is 288 Å². The van der Waals surface area contributed by atoms with Crippen LogP contribution in [0.5, 0.6) is 0 Å². The number of piperidine rings is 2. The van der Waals surface area contributed by atoms with Crippen molar-refractivity contribution in [2.24, 2.45) is 17.3 Å². The number of carbonyl (C=O) groups is 1. The average molecular weight is 668 g/mol. The first-order chi connectivity index (χ1) is 23.7. The van der Waals surface area contributed by atoms with Crippen molar-refractivity contribution in [3.8, 4) is 22.5 Å². The fourth-order valence-electron chi connectivity index (χ4n) is 8.26. The fraction of sp³-hybridized carbons (Fsp3) is 0.513. The van der Waals surface area contributed by atoms with E-state index in [-0.39, 0.29) is 18.5 Å². The molecule has 2 atom stereocenters. The molecule has 3 saturated heterocycles. The number of H-pyrrole nitrogens is 1. The van der Waals surface area contributed by atoms with E-state index in [1.54, 1.807) is 4.90 Å². The number of β-amino-alcohol motifs (C(OH)–C–C–N with tert-alkyl or cyclic N) is 1. The van der Waals surface area contributed by atoms with Gasteiger partial charge in [0, 0.05) is 47.9 Å². The van der Waals surface area contributed by atoms with Gasteiger partial charge in [-0.05, 0) is 118 Å². The number of aromatic amines is 1. The minimum atomic E-state index is -0.558. The molecule has 7 rings (SSSR count). The van der Waals surface area contributed by atoms with Crippen molar-refractivity contribution in [3.05, 3.63) is 65.7 Å². The van der Waals surface area contributed by atoms with E-state index in [1.807, 2.05) is 13.0 Å². The van der Waals surface area contributed by atoms with Crippen molar-refractivity contribution >= 4 is 22.8 Å². The number of hydrogen-bond donors (Lipinski definition) is 4. The molecule has 0 bridgehead atoms. The lowest BCUT2D eigenvalue weighted by Gasteiger charge is -2.44. The lowest BCUT2D eigenvalue weighted by atomic mass is 9.71. The smallest absolute Gasteiger partial charge is 0.321 e. The molecule has 4 N–H and O–H groups in total. The predicted octanol–water partition coefficient (Wildman–Crippen LogP) is 6.62. The number of halogens is 1. The van der Waals surface area contributed by atoms with Gasteiger partial charge in [-0.1, -0.05) is 38.1 Å². The number of aromatic nitrogens is 3. The van der Waals surface area contributed by atoms with Gasteiger partial charge in [0.05, 0.1) is 11.8 Å². The van der Waals surface area contributed by atoms with Gasteiger partial charge in [0.2, 0.25) is 0 Å². The summed E-state index contributed by atoms with van der Waals surface area (Å²) in [5, 5.41) is 17.7. The Hall–Kier alpha value is -3.86. The highest BCUT2D eigenvalue weighted by molar-refractivity contribution is 5.97. The Bertz CT molecular complexity index is 1770. The molecule has 3 fully saturated rings. The lowest BCUT2D eigenvalue weighted by molar-refractivity contribution is 0.0746. The molecular weight excluding hydrogens is 617 g/mol. The monoisotopic (exact) mass is 667 g/mol. The van der Waals surface area contributed by atoms with E-state index in [4.69, 9.17) is 0 Å². The van der Waals surface area contributed by atoms with Crippen LogP contribution in [0.15, 0.2) is 48.8 Å². The lowest BCUT2D eigenvalue weighted by Crippen LogP contribution is -2.45. The number of likely N-dealkylation sites (tertiary alicyclic amines) is 2. The zero-order valence-corrected chi connectivity index (χ0v) is 29.1. The summed E-state index contributed by atoms with van der Waals surface area (Å²) in [6, 6.07) is 13.2. The Morgan fingerprint density at radius 2 is 1.82 bits per heavy atom. The summed E-state index contributed by atoms with van der Waals surface area (Å²) in [6.07, 6.45) is 8.11. The third kappa shape index (κ3) is 7.37. The van der Waals surface area contributed by atoms with E-state index in [0.29, 0.717) is 46.0 Å². The molecule has 2 aromatic carbocycles. The van der Waals surface area contributed by atoms with Crippen LogP contribution < -0.4 is 10.6 Å². The molecule has 0 saturated carbocycles. The van der Waals surface area contributed by atoms with Gasteiger partial charge in [-0.3, -0.25) is 0 Å². The largest absolute Gasteiger partial charge is 0.391 e. The fourth-order valence-corrected chi connectivity index (χ4v) is 8.26. The molecule has 3 aliphatic rings. The number of carbonyl (C=O) groups excluding carboxylic acids is 1. The van der Waals surface area contributed by atoms with Crippen LogP contribution in [-0.2, 0) is 6.42 Å². The minimum Gasteiger partial charge on any atom is -0.391 e. The van der Waals surface area contributed by atoms with Gasteiger partial charge >= 0.3 is 6.03 Å². The van der Waals surface area contributed by atoms with Crippen LogP contribution in [0.1, 0.15) is 57.1 Å². The Morgan fingerprint density at radius 3 is 2.55 bits per heavy atom. The molecule has 1 spiro atoms. The molecule has 9 nitrogen and oxygen atoms in total. The summed E-state index contributed by atoms with van der Waals surface area (Å²) in [5.41, 5.74) is 6.81. The number of anilines is 1. The van der Waals surface area contributed by atoms with Gasteiger partial charge in [0.25, 0.3) is 0 Å². The van der Waals surface area contributed by atoms with Crippen LogP contribution in [0, 0.1) is 30.0 Å². The Balaban J connectivity index is 1.04. The summed E-state index contributed by atoms with van der Waals surface area (Å²) < 4.78 is 15.1. The highest BCUT2D eigenvalue weighted by Crippen LogP contribution is 2.40. The maximum Gasteiger partial charge on any atom is 0.321 e. The van der Waals surface area contributed by atoms with E-state index >= 15 is 4.39 Å². The van der Waals surface area contributed by atoms with E-state index in [1.165, 1.54) is 75.9 Å². The van der Waals surface area contributed by atoms with Crippen LogP contribution in [0.25, 0.3) is 33.5 Å². The van der Waals surface area contributed by atoms with Gasteiger partial charge in [0.1, 0.15) is 17.8 Å². The second kappa shape index (κ2) is 14.2. The molecule has 10 heteroatoms. The number of nitrogens with one attached hydrogen (secondary N) is 3. The molecular formula is C39H50FN7O2. The number of benzene rings is 2. The zero-order chi connectivity index (χ0) is 34.1. The molecule has 260 valence electrons. The number of nitrogens with zero attached hydrogens (tertiary/aromatic N) is 4. The Morgan fingerprint density at radius 1 is 1.06 bits per heavy atom. The van der Waals surface area contributed by atoms with E-state index < -0.39 is 11.9 Å². The molecule has 4 aromatic rings. The highest BCUT2D eigenvalue weighted by Gasteiger charge is 2.36. The second-order valence-electron chi connectivity index (χ2n) is 15.1. The van der Waals surface area contributed by atoms with E-state index in [2.05, 4.69) is 68.6 Å². The van der Waals surface area contributed by atoms with Crippen molar-refractivity contribution in [1.29, 1.82) is 0 Å². The number of aliphatic hydroxyl groups excluding tert-OH is 1. The molecule has 0 unspecified atom stereocenters. The topological polar surface area (TPSA) is 109 Å². The minimum absolute atomic E-state index is 0.0370. The first kappa shape index (κ1) is 33.6. The van der Waals surface area contributed by atoms with Gasteiger partial charge in [-0.15, -0.1) is 0 Å². The normalized spacial score (nSPS) is 21.2. The van der Waals surface area contributed by atoms with E-state index in [9.17, 15) is 9.90 Å². The van der Waals surface area contributed by atoms with Crippen molar-refractivity contribution < 1.29 is 14.3 Å². The van der Waals surface area contributed by atoms with Crippen LogP contribution in [0.2, 0.25) is 0 Å². The first-order valence-corrected chi connectivity index (χ1v) is 18.1. The van der Waals surface area contributed by atoms with Crippen LogP contribution in [-0.4, -0.2) is 87.8 Å². The van der Waals surface area contributed by atoms with Crippen molar-refractivity contribution in [2.75, 3.05) is 51.1 Å². The number of amides is 2. The molecule has 2 aromatic heterocycles. The number of urea groups is 1. The quantitative estimate of drug-likeness (QED) is 0.168. The van der Waals surface area contributed by atoms with Crippen LogP contribution in [0.3, 0.4) is 0 Å². The number of aliphatic hydroxyl groups is 1. The standard InChI is InChI=1S/C39H50FN7O2/c1-25(2)18-29-22-47(23-35(29)48)38(49)45-33-20-30(40)19-31(26(33)3)36-32-21-34(44-37(32)43-24-42-36)28-6-4-27(5-7-28)8-15-46-16-11-39(12-17-46)9-13-41-14-10-39/h4-7,19-21,24-25,29,35,41,48H,8-18,22-23H2,1-3H3,(H,45,49)(H,42,43,44)/t29-,35-/m1/s1. The van der Waals surface area contributed by atoms with Crippen LogP contribution >= 0.6 is 0 Å². The summed E-state index contributed by atoms with van der Waals surface area (Å²) in [6.45, 7) is 12.7. The van der Waals surface area contributed by atoms with Crippen molar-refractivity contribution in [2.45, 2.75) is 65.4 Å². The van der Waals surface area contributed by atoms with Gasteiger partial charge in [-0.2, -0.15) is 0 Å². The maximum atomic E-state index is 15.1. The molecule has 0 aliphatic carbocycles. The summed E-state index contributed by atoms with van der Waals surface area (Å²) >= 11 is 0. The molecule has 5 heterocycles. The molecule has 49 heavy (non-hydrogen) atoms. The zero-order valence-electron chi connectivity index (χ0n) is 29.1.